The van der Waals surface area contributed by atoms with Crippen LogP contribution in [0.25, 0.3) is 0 Å². The van der Waals surface area contributed by atoms with Crippen molar-refractivity contribution in [3.05, 3.63) is 0 Å². The van der Waals surface area contributed by atoms with Gasteiger partial charge < -0.3 is 15.1 Å². The molecule has 0 aromatic carbocycles. The first-order valence-corrected chi connectivity index (χ1v) is 5.93. The SMILES string of the molecule is CC1CN(C(=O)N2CCNCC2)CC1C. The van der Waals surface area contributed by atoms with Gasteiger partial charge in [-0.2, -0.15) is 0 Å². The minimum atomic E-state index is 0.243. The van der Waals surface area contributed by atoms with E-state index in [0.717, 1.165) is 39.3 Å². The zero-order valence-electron chi connectivity index (χ0n) is 9.70. The van der Waals surface area contributed by atoms with Crippen LogP contribution in [0, 0.1) is 11.8 Å². The maximum absolute atomic E-state index is 12.1. The molecule has 15 heavy (non-hydrogen) atoms. The summed E-state index contributed by atoms with van der Waals surface area (Å²) in [5, 5.41) is 3.27. The van der Waals surface area contributed by atoms with Crippen molar-refractivity contribution in [2.75, 3.05) is 39.3 Å². The predicted octanol–water partition coefficient (Wildman–Crippen LogP) is 0.599. The van der Waals surface area contributed by atoms with E-state index in [9.17, 15) is 4.79 Å². The number of hydrogen-bond acceptors (Lipinski definition) is 2. The fraction of sp³-hybridized carbons (Fsp3) is 0.909. The Hall–Kier alpha value is -0.770. The molecule has 2 atom stereocenters. The molecule has 4 nitrogen and oxygen atoms in total. The molecule has 2 aliphatic rings. The molecule has 2 rings (SSSR count). The van der Waals surface area contributed by atoms with Gasteiger partial charge in [0.25, 0.3) is 0 Å². The Kier molecular flexibility index (Phi) is 3.14. The number of nitrogens with zero attached hydrogens (tertiary/aromatic N) is 2. The van der Waals surface area contributed by atoms with Crippen molar-refractivity contribution in [2.45, 2.75) is 13.8 Å². The predicted molar refractivity (Wildman–Crippen MR) is 59.7 cm³/mol. The lowest BCUT2D eigenvalue weighted by atomic mass is 10.0. The van der Waals surface area contributed by atoms with Crippen molar-refractivity contribution >= 4 is 6.03 Å². The second kappa shape index (κ2) is 4.39. The van der Waals surface area contributed by atoms with Crippen LogP contribution in [0.5, 0.6) is 0 Å². The van der Waals surface area contributed by atoms with Crippen molar-refractivity contribution in [3.63, 3.8) is 0 Å². The molecule has 1 N–H and O–H groups in total. The summed E-state index contributed by atoms with van der Waals surface area (Å²) in [7, 11) is 0. The summed E-state index contributed by atoms with van der Waals surface area (Å²) in [6, 6.07) is 0.243. The maximum atomic E-state index is 12.1. The first-order valence-electron chi connectivity index (χ1n) is 5.93. The summed E-state index contributed by atoms with van der Waals surface area (Å²) in [6.07, 6.45) is 0. The van der Waals surface area contributed by atoms with E-state index in [2.05, 4.69) is 19.2 Å². The number of carbonyl (C=O) groups is 1. The standard InChI is InChI=1S/C11H21N3O/c1-9-7-14(8-10(9)2)11(15)13-5-3-12-4-6-13/h9-10,12H,3-8H2,1-2H3. The number of hydrogen-bond donors (Lipinski definition) is 1. The third-order valence-electron chi connectivity index (χ3n) is 3.65. The van der Waals surface area contributed by atoms with Crippen LogP contribution in [0.2, 0.25) is 0 Å². The molecule has 0 bridgehead atoms. The molecule has 0 saturated carbocycles. The van der Waals surface area contributed by atoms with Gasteiger partial charge in [-0.3, -0.25) is 0 Å². The van der Waals surface area contributed by atoms with E-state index >= 15 is 0 Å². The lowest BCUT2D eigenvalue weighted by Gasteiger charge is -2.31. The Labute approximate surface area is 91.6 Å². The highest BCUT2D eigenvalue weighted by Crippen LogP contribution is 2.23. The molecule has 0 aromatic heterocycles. The van der Waals surface area contributed by atoms with Crippen LogP contribution in [-0.4, -0.2) is 55.1 Å². The Morgan fingerprint density at radius 2 is 1.60 bits per heavy atom. The third kappa shape index (κ3) is 2.25. The van der Waals surface area contributed by atoms with Gasteiger partial charge in [0.05, 0.1) is 0 Å². The molecule has 0 radical (unpaired) electrons. The molecule has 2 unspecified atom stereocenters. The van der Waals surface area contributed by atoms with Crippen LogP contribution in [0.15, 0.2) is 0 Å². The molecule has 86 valence electrons. The van der Waals surface area contributed by atoms with Crippen molar-refractivity contribution < 1.29 is 4.79 Å². The highest BCUT2D eigenvalue weighted by Gasteiger charge is 2.32. The Morgan fingerprint density at radius 3 is 2.13 bits per heavy atom. The first kappa shape index (κ1) is 10.7. The van der Waals surface area contributed by atoms with Gasteiger partial charge >= 0.3 is 6.03 Å². The summed E-state index contributed by atoms with van der Waals surface area (Å²) in [6.45, 7) is 9.92. The lowest BCUT2D eigenvalue weighted by molar-refractivity contribution is 0.154. The monoisotopic (exact) mass is 211 g/mol. The van der Waals surface area contributed by atoms with Gasteiger partial charge in [-0.15, -0.1) is 0 Å². The van der Waals surface area contributed by atoms with Gasteiger partial charge in [0.1, 0.15) is 0 Å². The number of carbonyl (C=O) groups excluding carboxylic acids is 1. The number of nitrogens with one attached hydrogen (secondary N) is 1. The summed E-state index contributed by atoms with van der Waals surface area (Å²) < 4.78 is 0. The molecular weight excluding hydrogens is 190 g/mol. The fourth-order valence-electron chi connectivity index (χ4n) is 2.34. The van der Waals surface area contributed by atoms with Crippen LogP contribution in [0.1, 0.15) is 13.8 Å². The van der Waals surface area contributed by atoms with E-state index in [0.29, 0.717) is 11.8 Å². The molecule has 0 aromatic rings. The number of urea groups is 1. The normalized spacial score (nSPS) is 32.1. The summed E-state index contributed by atoms with van der Waals surface area (Å²) in [4.78, 5) is 16.1. The Bertz CT molecular complexity index is 228. The van der Waals surface area contributed by atoms with E-state index in [-0.39, 0.29) is 6.03 Å². The van der Waals surface area contributed by atoms with Crippen LogP contribution in [-0.2, 0) is 0 Å². The second-order valence-electron chi connectivity index (χ2n) is 4.88. The molecule has 2 amide bonds. The van der Waals surface area contributed by atoms with Crippen LogP contribution < -0.4 is 5.32 Å². The van der Waals surface area contributed by atoms with Crippen molar-refractivity contribution in [2.24, 2.45) is 11.8 Å². The second-order valence-corrected chi connectivity index (χ2v) is 4.88. The van der Waals surface area contributed by atoms with Gasteiger partial charge in [0.15, 0.2) is 0 Å². The van der Waals surface area contributed by atoms with Gasteiger partial charge in [-0.05, 0) is 11.8 Å². The minimum absolute atomic E-state index is 0.243. The van der Waals surface area contributed by atoms with Crippen molar-refractivity contribution in [3.8, 4) is 0 Å². The van der Waals surface area contributed by atoms with Gasteiger partial charge in [0, 0.05) is 39.3 Å². The third-order valence-corrected chi connectivity index (χ3v) is 3.65. The average Bonchev–Trinajstić information content (AvgIpc) is 2.59. The van der Waals surface area contributed by atoms with E-state index < -0.39 is 0 Å². The van der Waals surface area contributed by atoms with Gasteiger partial charge in [0.2, 0.25) is 0 Å². The van der Waals surface area contributed by atoms with Crippen LogP contribution in [0.3, 0.4) is 0 Å². The molecule has 4 heteroatoms. The van der Waals surface area contributed by atoms with Crippen molar-refractivity contribution in [1.82, 2.24) is 15.1 Å². The zero-order valence-corrected chi connectivity index (χ0v) is 9.70. The average molecular weight is 211 g/mol. The largest absolute Gasteiger partial charge is 0.324 e. The van der Waals surface area contributed by atoms with Gasteiger partial charge in [-0.25, -0.2) is 4.79 Å². The first-order chi connectivity index (χ1) is 7.18. The molecule has 2 saturated heterocycles. The Morgan fingerprint density at radius 1 is 1.07 bits per heavy atom. The Balaban J connectivity index is 1.90. The molecule has 0 aliphatic carbocycles. The summed E-state index contributed by atoms with van der Waals surface area (Å²) in [5.41, 5.74) is 0. The highest BCUT2D eigenvalue weighted by molar-refractivity contribution is 5.75. The lowest BCUT2D eigenvalue weighted by Crippen LogP contribution is -2.51. The zero-order chi connectivity index (χ0) is 10.8. The number of amides is 2. The summed E-state index contributed by atoms with van der Waals surface area (Å²) in [5.74, 6) is 1.30. The topological polar surface area (TPSA) is 35.6 Å². The smallest absolute Gasteiger partial charge is 0.320 e. The summed E-state index contributed by atoms with van der Waals surface area (Å²) >= 11 is 0. The molecule has 0 spiro atoms. The van der Waals surface area contributed by atoms with Crippen LogP contribution >= 0.6 is 0 Å². The fourth-order valence-corrected chi connectivity index (χ4v) is 2.34. The van der Waals surface area contributed by atoms with E-state index in [1.165, 1.54) is 0 Å². The minimum Gasteiger partial charge on any atom is -0.324 e. The quantitative estimate of drug-likeness (QED) is 0.637. The number of piperazine rings is 1. The number of likely N-dealkylation sites (tertiary alicyclic amines) is 1. The van der Waals surface area contributed by atoms with Crippen LogP contribution in [0.4, 0.5) is 4.79 Å². The van der Waals surface area contributed by atoms with Crippen molar-refractivity contribution in [1.29, 1.82) is 0 Å². The van der Waals surface area contributed by atoms with Gasteiger partial charge in [-0.1, -0.05) is 13.8 Å². The molecular formula is C11H21N3O. The maximum Gasteiger partial charge on any atom is 0.320 e. The molecule has 2 aliphatic heterocycles. The molecule has 2 heterocycles. The van der Waals surface area contributed by atoms with E-state index in [1.54, 1.807) is 0 Å². The van der Waals surface area contributed by atoms with E-state index in [1.807, 2.05) is 9.80 Å². The highest BCUT2D eigenvalue weighted by atomic mass is 16.2. The van der Waals surface area contributed by atoms with E-state index in [4.69, 9.17) is 0 Å². The molecule has 2 fully saturated rings. The number of rotatable bonds is 0.